The first-order valence-corrected chi connectivity index (χ1v) is 10.6. The van der Waals surface area contributed by atoms with Crippen molar-refractivity contribution in [2.24, 2.45) is 0 Å². The fourth-order valence-corrected chi connectivity index (χ4v) is 3.96. The van der Waals surface area contributed by atoms with Crippen molar-refractivity contribution in [2.75, 3.05) is 6.61 Å². The van der Waals surface area contributed by atoms with Crippen LogP contribution in [0.15, 0.2) is 41.5 Å². The van der Waals surface area contributed by atoms with Crippen molar-refractivity contribution in [1.82, 2.24) is 24.5 Å². The van der Waals surface area contributed by atoms with E-state index < -0.39 is 0 Å². The Morgan fingerprint density at radius 1 is 1.17 bits per heavy atom. The molecule has 158 valence electrons. The summed E-state index contributed by atoms with van der Waals surface area (Å²) in [6.07, 6.45) is 9.78. The van der Waals surface area contributed by atoms with Gasteiger partial charge in [-0.1, -0.05) is 12.8 Å². The predicted octanol–water partition coefficient (Wildman–Crippen LogP) is 2.66. The van der Waals surface area contributed by atoms with E-state index in [-0.39, 0.29) is 17.1 Å². The number of aryl methyl sites for hydroxylation is 1. The van der Waals surface area contributed by atoms with E-state index in [1.54, 1.807) is 21.4 Å². The number of fused-ring (bicyclic) bond motifs is 1. The summed E-state index contributed by atoms with van der Waals surface area (Å²) in [4.78, 5) is 25.0. The Morgan fingerprint density at radius 3 is 2.67 bits per heavy atom. The molecule has 2 heterocycles. The largest absolute Gasteiger partial charge is 0.494 e. The van der Waals surface area contributed by atoms with Crippen LogP contribution in [-0.4, -0.2) is 37.7 Å². The van der Waals surface area contributed by atoms with Gasteiger partial charge >= 0.3 is 5.56 Å². The molecule has 1 aromatic carbocycles. The van der Waals surface area contributed by atoms with Crippen molar-refractivity contribution >= 4 is 11.6 Å². The van der Waals surface area contributed by atoms with Crippen LogP contribution in [-0.2, 0) is 11.2 Å². The van der Waals surface area contributed by atoms with Gasteiger partial charge in [0, 0.05) is 37.0 Å². The van der Waals surface area contributed by atoms with Gasteiger partial charge in [-0.15, -0.1) is 10.2 Å². The minimum absolute atomic E-state index is 0.0913. The minimum Gasteiger partial charge on any atom is -0.494 e. The molecule has 0 atom stereocenters. The molecule has 0 unspecified atom stereocenters. The van der Waals surface area contributed by atoms with E-state index in [4.69, 9.17) is 4.74 Å². The van der Waals surface area contributed by atoms with Crippen molar-refractivity contribution < 1.29 is 9.53 Å². The molecular weight excluding hydrogens is 382 g/mol. The third-order valence-electron chi connectivity index (χ3n) is 5.49. The van der Waals surface area contributed by atoms with Crippen molar-refractivity contribution in [1.29, 1.82) is 0 Å². The molecular formula is C22H27N5O3. The molecule has 0 spiro atoms. The summed E-state index contributed by atoms with van der Waals surface area (Å²) < 4.78 is 8.70. The van der Waals surface area contributed by atoms with E-state index in [0.717, 1.165) is 24.3 Å². The van der Waals surface area contributed by atoms with Crippen molar-refractivity contribution in [3.63, 3.8) is 0 Å². The van der Waals surface area contributed by atoms with Crippen LogP contribution in [0.1, 0.15) is 51.3 Å². The van der Waals surface area contributed by atoms with Gasteiger partial charge in [-0.05, 0) is 50.5 Å². The molecule has 8 heteroatoms. The number of hydrogen-bond donors (Lipinski definition) is 1. The number of ether oxygens (including phenoxy) is 1. The zero-order chi connectivity index (χ0) is 20.9. The van der Waals surface area contributed by atoms with Gasteiger partial charge in [-0.2, -0.15) is 0 Å². The lowest BCUT2D eigenvalue weighted by Crippen LogP contribution is -2.32. The van der Waals surface area contributed by atoms with Gasteiger partial charge in [0.05, 0.1) is 6.61 Å². The highest BCUT2D eigenvalue weighted by Crippen LogP contribution is 2.18. The van der Waals surface area contributed by atoms with E-state index >= 15 is 0 Å². The van der Waals surface area contributed by atoms with Gasteiger partial charge in [-0.25, -0.2) is 0 Å². The number of nitrogens with zero attached hydrogens (tertiary/aromatic N) is 4. The van der Waals surface area contributed by atoms with Gasteiger partial charge < -0.3 is 10.1 Å². The van der Waals surface area contributed by atoms with Crippen LogP contribution in [0, 0.1) is 0 Å². The van der Waals surface area contributed by atoms with Crippen LogP contribution < -0.4 is 15.6 Å². The number of carbonyl (C=O) groups excluding carboxylic acids is 1. The van der Waals surface area contributed by atoms with Crippen LogP contribution in [0.25, 0.3) is 11.3 Å². The van der Waals surface area contributed by atoms with Gasteiger partial charge in [0.2, 0.25) is 11.6 Å². The first-order chi connectivity index (χ1) is 14.7. The Hall–Kier alpha value is -3.16. The van der Waals surface area contributed by atoms with Crippen LogP contribution in [0.2, 0.25) is 0 Å². The maximum absolute atomic E-state index is 12.9. The SMILES string of the molecule is CCOc1ccc(-n2ccn3c(CCCC(=O)NC4CCCC4)nnc3c2=O)cc1. The Morgan fingerprint density at radius 2 is 1.93 bits per heavy atom. The van der Waals surface area contributed by atoms with Gasteiger partial charge in [0.1, 0.15) is 11.6 Å². The summed E-state index contributed by atoms with van der Waals surface area (Å²) in [5.74, 6) is 1.54. The molecule has 1 aliphatic rings. The summed E-state index contributed by atoms with van der Waals surface area (Å²) in [7, 11) is 0. The van der Waals surface area contributed by atoms with Gasteiger partial charge in [-0.3, -0.25) is 18.6 Å². The average molecular weight is 409 g/mol. The normalized spacial score (nSPS) is 14.3. The zero-order valence-corrected chi connectivity index (χ0v) is 17.2. The van der Waals surface area contributed by atoms with E-state index in [2.05, 4.69) is 15.5 Å². The van der Waals surface area contributed by atoms with Gasteiger partial charge in [0.15, 0.2) is 0 Å². The number of amides is 1. The summed E-state index contributed by atoms with van der Waals surface area (Å²) in [5.41, 5.74) is 0.773. The molecule has 1 amide bonds. The van der Waals surface area contributed by atoms with E-state index in [9.17, 15) is 9.59 Å². The second-order valence-electron chi connectivity index (χ2n) is 7.61. The Balaban J connectivity index is 1.43. The van der Waals surface area contributed by atoms with Crippen LogP contribution in [0.3, 0.4) is 0 Å². The third kappa shape index (κ3) is 4.37. The number of benzene rings is 1. The molecule has 0 radical (unpaired) electrons. The highest BCUT2D eigenvalue weighted by Gasteiger charge is 2.17. The van der Waals surface area contributed by atoms with Crippen LogP contribution in [0.5, 0.6) is 5.75 Å². The summed E-state index contributed by atoms with van der Waals surface area (Å²) >= 11 is 0. The monoisotopic (exact) mass is 409 g/mol. The second kappa shape index (κ2) is 9.11. The van der Waals surface area contributed by atoms with Crippen LogP contribution in [0.4, 0.5) is 0 Å². The Kier molecular flexibility index (Phi) is 6.11. The lowest BCUT2D eigenvalue weighted by molar-refractivity contribution is -0.121. The van der Waals surface area contributed by atoms with E-state index in [1.165, 1.54) is 12.8 Å². The van der Waals surface area contributed by atoms with E-state index in [1.807, 2.05) is 31.2 Å². The Labute approximate surface area is 174 Å². The van der Waals surface area contributed by atoms with Crippen molar-refractivity contribution in [3.05, 3.63) is 52.8 Å². The molecule has 2 aromatic heterocycles. The highest BCUT2D eigenvalue weighted by molar-refractivity contribution is 5.76. The van der Waals surface area contributed by atoms with Crippen molar-refractivity contribution in [2.45, 2.75) is 57.9 Å². The highest BCUT2D eigenvalue weighted by atomic mass is 16.5. The molecule has 30 heavy (non-hydrogen) atoms. The predicted molar refractivity (Wildman–Crippen MR) is 113 cm³/mol. The topological polar surface area (TPSA) is 90.5 Å². The summed E-state index contributed by atoms with van der Waals surface area (Å²) in [6.45, 7) is 2.52. The molecule has 4 rings (SSSR count). The molecule has 1 saturated carbocycles. The molecule has 0 aliphatic heterocycles. The van der Waals surface area contributed by atoms with Crippen molar-refractivity contribution in [3.8, 4) is 11.4 Å². The fraction of sp³-hybridized carbons (Fsp3) is 0.455. The number of rotatable bonds is 8. The standard InChI is InChI=1S/C22H27N5O3/c1-2-30-18-12-10-17(11-13-18)26-14-15-27-19(24-25-21(27)22(26)29)8-5-9-20(28)23-16-6-3-4-7-16/h10-16H,2-9H2,1H3,(H,23,28). The minimum atomic E-state index is -0.237. The van der Waals surface area contributed by atoms with E-state index in [0.29, 0.717) is 37.7 Å². The summed E-state index contributed by atoms with van der Waals surface area (Å²) in [6, 6.07) is 7.68. The first-order valence-electron chi connectivity index (χ1n) is 10.6. The molecule has 0 bridgehead atoms. The van der Waals surface area contributed by atoms with Gasteiger partial charge in [0.25, 0.3) is 0 Å². The average Bonchev–Trinajstić information content (AvgIpc) is 3.40. The number of hydrogen-bond acceptors (Lipinski definition) is 5. The smallest absolute Gasteiger partial charge is 0.300 e. The van der Waals surface area contributed by atoms with Crippen LogP contribution >= 0.6 is 0 Å². The molecule has 8 nitrogen and oxygen atoms in total. The molecule has 1 fully saturated rings. The zero-order valence-electron chi connectivity index (χ0n) is 17.2. The molecule has 3 aromatic rings. The molecule has 1 aliphatic carbocycles. The number of nitrogens with one attached hydrogen (secondary N) is 1. The molecule has 0 saturated heterocycles. The third-order valence-corrected chi connectivity index (χ3v) is 5.49. The quantitative estimate of drug-likeness (QED) is 0.618. The second-order valence-corrected chi connectivity index (χ2v) is 7.61. The lowest BCUT2D eigenvalue weighted by atomic mass is 10.2. The summed E-state index contributed by atoms with van der Waals surface area (Å²) in [5, 5.41) is 11.4. The maximum Gasteiger partial charge on any atom is 0.300 e. The number of aromatic nitrogens is 4. The molecule has 1 N–H and O–H groups in total. The lowest BCUT2D eigenvalue weighted by Gasteiger charge is -2.11. The first kappa shape index (κ1) is 20.1. The fourth-order valence-electron chi connectivity index (χ4n) is 3.96. The maximum atomic E-state index is 12.9. The Bertz CT molecular complexity index is 1060. The number of carbonyl (C=O) groups is 1.